The van der Waals surface area contributed by atoms with Crippen molar-refractivity contribution in [2.45, 2.75) is 39.0 Å². The molecule has 0 radical (unpaired) electrons. The zero-order valence-corrected chi connectivity index (χ0v) is 20.6. The summed E-state index contributed by atoms with van der Waals surface area (Å²) < 4.78 is 1.46. The average Bonchev–Trinajstić information content (AvgIpc) is 2.62. The van der Waals surface area contributed by atoms with Gasteiger partial charge in [0.1, 0.15) is 0 Å². The Morgan fingerprint density at radius 3 is 1.10 bits per heavy atom. The van der Waals surface area contributed by atoms with Crippen LogP contribution in [0.1, 0.15) is 26.7 Å². The number of carboxylic acid groups (broad SMARTS) is 1. The lowest BCUT2D eigenvalue weighted by Crippen LogP contribution is -3.00. The minimum atomic E-state index is -1.23. The largest absolute Gasteiger partial charge is 1.00 e. The summed E-state index contributed by atoms with van der Waals surface area (Å²) in [5.74, 6) is -1.44. The highest BCUT2D eigenvalue weighted by Gasteiger charge is 2.22. The molecule has 9 heteroatoms. The molecule has 0 aliphatic carbocycles. The fourth-order valence-electron chi connectivity index (χ4n) is 2.13. The molecule has 0 aliphatic heterocycles. The van der Waals surface area contributed by atoms with E-state index in [1.165, 1.54) is 12.2 Å². The van der Waals surface area contributed by atoms with Crippen LogP contribution in [0.5, 0.6) is 0 Å². The van der Waals surface area contributed by atoms with Gasteiger partial charge in [0.05, 0.1) is 48.3 Å². The lowest BCUT2D eigenvalue weighted by molar-refractivity contribution is -0.898. The highest BCUT2D eigenvalue weighted by molar-refractivity contribution is 5.87. The highest BCUT2D eigenvalue weighted by Crippen LogP contribution is 2.03. The number of carbonyl (C=O) groups is 3. The Morgan fingerprint density at radius 1 is 0.767 bits per heavy atom. The van der Waals surface area contributed by atoms with Crippen LogP contribution in [0.25, 0.3) is 0 Å². The van der Waals surface area contributed by atoms with Crippen LogP contribution >= 0.6 is 0 Å². The average molecular weight is 449 g/mol. The van der Waals surface area contributed by atoms with Gasteiger partial charge in [-0.25, -0.2) is 0 Å². The van der Waals surface area contributed by atoms with Gasteiger partial charge in [0.25, 0.3) is 0 Å². The van der Waals surface area contributed by atoms with Crippen molar-refractivity contribution in [3.63, 3.8) is 0 Å². The first-order chi connectivity index (χ1) is 13.1. The summed E-state index contributed by atoms with van der Waals surface area (Å²) in [4.78, 5) is 31.1. The van der Waals surface area contributed by atoms with Crippen LogP contribution in [-0.2, 0) is 14.4 Å². The Labute approximate surface area is 188 Å². The highest BCUT2D eigenvalue weighted by atomic mass is 35.5. The zero-order chi connectivity index (χ0) is 23.8. The second-order valence-corrected chi connectivity index (χ2v) is 8.03. The Balaban J connectivity index is -0.000000180. The van der Waals surface area contributed by atoms with Crippen molar-refractivity contribution in [1.29, 1.82) is 0 Å². The lowest BCUT2D eigenvalue weighted by Gasteiger charge is -2.33. The van der Waals surface area contributed by atoms with Gasteiger partial charge in [-0.3, -0.25) is 9.59 Å². The molecule has 0 saturated heterocycles. The summed E-state index contributed by atoms with van der Waals surface area (Å²) in [6.07, 6.45) is 5.49. The van der Waals surface area contributed by atoms with Crippen LogP contribution < -0.4 is 28.1 Å². The zero-order valence-electron chi connectivity index (χ0n) is 19.8. The van der Waals surface area contributed by atoms with E-state index >= 15 is 0 Å². The second kappa shape index (κ2) is 17.7. The Morgan fingerprint density at radius 2 is 1.00 bits per heavy atom. The van der Waals surface area contributed by atoms with Gasteiger partial charge in [-0.1, -0.05) is 33.6 Å². The van der Waals surface area contributed by atoms with E-state index in [0.29, 0.717) is 0 Å². The number of nitrogens with one attached hydrogen (secondary N) is 2. The molecule has 0 fully saturated rings. The van der Waals surface area contributed by atoms with E-state index in [1.54, 1.807) is 0 Å². The molecule has 0 aromatic rings. The Kier molecular flexibility index (Phi) is 20.8. The Bertz CT molecular complexity index is 512. The predicted octanol–water partition coefficient (Wildman–Crippen LogP) is -2.61. The van der Waals surface area contributed by atoms with Crippen molar-refractivity contribution in [3.8, 4) is 0 Å². The summed E-state index contributed by atoms with van der Waals surface area (Å²) >= 11 is 0. The van der Waals surface area contributed by atoms with Crippen molar-refractivity contribution in [3.05, 3.63) is 38.0 Å². The smallest absolute Gasteiger partial charge is 0.247 e. The van der Waals surface area contributed by atoms with E-state index in [-0.39, 0.29) is 36.6 Å². The SMILES string of the molecule is C=CC(=O)NC(CC)[N+](C)(C)C.C=CC(=O)NC(CC)[N+](C)(C)C.C=CC(=O)[O-].[Cl-]. The topological polar surface area (TPSA) is 98.3 Å². The number of hydrogen-bond acceptors (Lipinski definition) is 4. The first-order valence-corrected chi connectivity index (χ1v) is 9.42. The molecule has 2 atom stereocenters. The molecule has 2 N–H and O–H groups in total. The van der Waals surface area contributed by atoms with Gasteiger partial charge in [0.2, 0.25) is 11.8 Å². The van der Waals surface area contributed by atoms with Crippen LogP contribution in [-0.4, -0.2) is 81.4 Å². The number of quaternary nitrogens is 2. The molecule has 0 aromatic heterocycles. The molecule has 176 valence electrons. The van der Waals surface area contributed by atoms with E-state index in [2.05, 4.69) is 86.5 Å². The summed E-state index contributed by atoms with van der Waals surface area (Å²) in [6, 6.07) is 0. The number of halogens is 1. The van der Waals surface area contributed by atoms with Gasteiger partial charge in [-0.15, -0.1) is 0 Å². The molecule has 0 heterocycles. The van der Waals surface area contributed by atoms with Gasteiger partial charge in [-0.05, 0) is 18.2 Å². The first-order valence-electron chi connectivity index (χ1n) is 9.42. The van der Waals surface area contributed by atoms with Crippen LogP contribution in [0.2, 0.25) is 0 Å². The number of amides is 2. The third-order valence-corrected chi connectivity index (χ3v) is 3.80. The molecule has 0 spiro atoms. The number of carbonyl (C=O) groups excluding carboxylic acids is 3. The third-order valence-electron chi connectivity index (χ3n) is 3.80. The first kappa shape index (κ1) is 35.3. The van der Waals surface area contributed by atoms with E-state index in [4.69, 9.17) is 9.90 Å². The van der Waals surface area contributed by atoms with Gasteiger partial charge in [0.15, 0.2) is 12.3 Å². The maximum atomic E-state index is 11.0. The predicted molar refractivity (Wildman–Crippen MR) is 116 cm³/mol. The summed E-state index contributed by atoms with van der Waals surface area (Å²) in [6.45, 7) is 13.8. The van der Waals surface area contributed by atoms with Crippen molar-refractivity contribution in [1.82, 2.24) is 10.6 Å². The van der Waals surface area contributed by atoms with Crippen molar-refractivity contribution >= 4 is 17.8 Å². The maximum Gasteiger partial charge on any atom is 0.247 e. The third kappa shape index (κ3) is 20.6. The molecule has 0 rings (SSSR count). The van der Waals surface area contributed by atoms with Crippen LogP contribution in [0.15, 0.2) is 38.0 Å². The molecule has 0 aliphatic rings. The van der Waals surface area contributed by atoms with Crippen LogP contribution in [0.3, 0.4) is 0 Å². The molecule has 8 nitrogen and oxygen atoms in total. The molecular formula is C21H41ClN4O4. The second-order valence-electron chi connectivity index (χ2n) is 8.03. The lowest BCUT2D eigenvalue weighted by atomic mass is 10.3. The summed E-state index contributed by atoms with van der Waals surface area (Å²) in [5.41, 5.74) is 0. The van der Waals surface area contributed by atoms with Crippen molar-refractivity contribution < 1.29 is 40.9 Å². The molecular weight excluding hydrogens is 408 g/mol. The van der Waals surface area contributed by atoms with Gasteiger partial charge in [0, 0.05) is 12.8 Å². The van der Waals surface area contributed by atoms with Gasteiger partial charge < -0.3 is 41.9 Å². The van der Waals surface area contributed by atoms with Crippen LogP contribution in [0, 0.1) is 0 Å². The number of carboxylic acids is 1. The number of nitrogens with zero attached hydrogens (tertiary/aromatic N) is 2. The van der Waals surface area contributed by atoms with E-state index in [0.717, 1.165) is 27.9 Å². The van der Waals surface area contributed by atoms with E-state index in [1.807, 2.05) is 0 Å². The van der Waals surface area contributed by atoms with Crippen LogP contribution in [0.4, 0.5) is 0 Å². The summed E-state index contributed by atoms with van der Waals surface area (Å²) in [5, 5.41) is 14.9. The van der Waals surface area contributed by atoms with Crippen molar-refractivity contribution in [2.75, 3.05) is 42.3 Å². The van der Waals surface area contributed by atoms with Crippen molar-refractivity contribution in [2.24, 2.45) is 0 Å². The molecule has 0 bridgehead atoms. The molecule has 2 unspecified atom stereocenters. The molecule has 0 aromatic carbocycles. The minimum Gasteiger partial charge on any atom is -1.00 e. The fraction of sp³-hybridized carbons (Fsp3) is 0.571. The maximum absolute atomic E-state index is 11.0. The van der Waals surface area contributed by atoms with E-state index < -0.39 is 5.97 Å². The Hall–Kier alpha value is -2.16. The monoisotopic (exact) mass is 448 g/mol. The number of rotatable bonds is 9. The fourth-order valence-corrected chi connectivity index (χ4v) is 2.13. The normalized spacial score (nSPS) is 12.0. The van der Waals surface area contributed by atoms with Gasteiger partial charge in [-0.2, -0.15) is 0 Å². The molecule has 0 saturated carbocycles. The number of aliphatic carboxylic acids is 1. The van der Waals surface area contributed by atoms with E-state index in [9.17, 15) is 9.59 Å². The quantitative estimate of drug-likeness (QED) is 0.229. The van der Waals surface area contributed by atoms with Gasteiger partial charge >= 0.3 is 0 Å². The molecule has 30 heavy (non-hydrogen) atoms. The molecule has 2 amide bonds. The number of hydrogen-bond donors (Lipinski definition) is 2. The minimum absolute atomic E-state index is 0. The standard InChI is InChI=1S/2C9H18N2O.C3H4O2.ClH/c2*1-6-8(11(3,4)5)10-9(12)7-2;1-2-3(4)5;/h2*7-8H,2,6H2,1,3-5H3;2H,1H2,(H,4,5);1H. The summed E-state index contributed by atoms with van der Waals surface area (Å²) in [7, 11) is 12.3.